The summed E-state index contributed by atoms with van der Waals surface area (Å²) in [5, 5.41) is 6.00. The van der Waals surface area contributed by atoms with Crippen LogP contribution in [-0.4, -0.2) is 50.1 Å². The number of rotatable bonds is 10. The van der Waals surface area contributed by atoms with E-state index in [1.807, 2.05) is 7.05 Å². The van der Waals surface area contributed by atoms with Crippen LogP contribution in [0, 0.1) is 0 Å². The van der Waals surface area contributed by atoms with Crippen LogP contribution in [0.25, 0.3) is 0 Å². The molecule has 0 aromatic carbocycles. The minimum absolute atomic E-state index is 0.148. The van der Waals surface area contributed by atoms with Crippen molar-refractivity contribution in [2.75, 3.05) is 33.2 Å². The van der Waals surface area contributed by atoms with Gasteiger partial charge >= 0.3 is 0 Å². The van der Waals surface area contributed by atoms with E-state index < -0.39 is 0 Å². The second kappa shape index (κ2) is 10.5. The van der Waals surface area contributed by atoms with Crippen molar-refractivity contribution < 1.29 is 4.79 Å². The monoisotopic (exact) mass is 243 g/mol. The van der Waals surface area contributed by atoms with E-state index in [4.69, 9.17) is 0 Å². The summed E-state index contributed by atoms with van der Waals surface area (Å²) in [7, 11) is 1.86. The van der Waals surface area contributed by atoms with E-state index in [1.165, 1.54) is 0 Å². The van der Waals surface area contributed by atoms with Gasteiger partial charge in [-0.25, -0.2) is 0 Å². The number of carbonyl (C=O) groups is 1. The number of hydrogen-bond donors (Lipinski definition) is 2. The van der Waals surface area contributed by atoms with E-state index in [-0.39, 0.29) is 11.9 Å². The predicted molar refractivity (Wildman–Crippen MR) is 73.2 cm³/mol. The minimum atomic E-state index is 0.148. The topological polar surface area (TPSA) is 44.4 Å². The highest BCUT2D eigenvalue weighted by Gasteiger charge is 2.07. The summed E-state index contributed by atoms with van der Waals surface area (Å²) in [5.74, 6) is 0.148. The van der Waals surface area contributed by atoms with Gasteiger partial charge in [0.05, 0.1) is 0 Å². The highest BCUT2D eigenvalue weighted by atomic mass is 16.1. The molecular weight excluding hydrogens is 214 g/mol. The molecule has 0 bridgehead atoms. The summed E-state index contributed by atoms with van der Waals surface area (Å²) >= 11 is 0. The van der Waals surface area contributed by atoms with Gasteiger partial charge in [-0.2, -0.15) is 0 Å². The fourth-order valence-electron chi connectivity index (χ4n) is 1.82. The molecule has 1 atom stereocenters. The van der Waals surface area contributed by atoms with Gasteiger partial charge in [0.25, 0.3) is 0 Å². The van der Waals surface area contributed by atoms with E-state index in [0.29, 0.717) is 6.42 Å². The van der Waals surface area contributed by atoms with Crippen molar-refractivity contribution in [1.82, 2.24) is 15.5 Å². The summed E-state index contributed by atoms with van der Waals surface area (Å²) in [4.78, 5) is 13.9. The predicted octanol–water partition coefficient (Wildman–Crippen LogP) is 1.22. The van der Waals surface area contributed by atoms with E-state index in [0.717, 1.165) is 39.0 Å². The molecule has 0 aliphatic rings. The molecule has 0 fully saturated rings. The van der Waals surface area contributed by atoms with E-state index in [2.05, 4.69) is 36.3 Å². The van der Waals surface area contributed by atoms with Crippen molar-refractivity contribution in [2.24, 2.45) is 0 Å². The lowest BCUT2D eigenvalue weighted by molar-refractivity contribution is -0.121. The van der Waals surface area contributed by atoms with Gasteiger partial charge in [0.2, 0.25) is 5.91 Å². The van der Waals surface area contributed by atoms with Crippen LogP contribution in [0.1, 0.15) is 40.0 Å². The lowest BCUT2D eigenvalue weighted by atomic mass is 10.1. The van der Waals surface area contributed by atoms with Crippen LogP contribution < -0.4 is 10.6 Å². The number of carbonyl (C=O) groups excluding carboxylic acids is 1. The molecule has 0 aliphatic heterocycles. The van der Waals surface area contributed by atoms with Crippen LogP contribution in [0.2, 0.25) is 0 Å². The number of hydrogen-bond acceptors (Lipinski definition) is 3. The highest BCUT2D eigenvalue weighted by molar-refractivity contribution is 5.76. The summed E-state index contributed by atoms with van der Waals surface area (Å²) in [5.41, 5.74) is 0. The Morgan fingerprint density at radius 1 is 1.29 bits per heavy atom. The zero-order chi connectivity index (χ0) is 13.1. The van der Waals surface area contributed by atoms with Gasteiger partial charge in [-0.15, -0.1) is 0 Å². The van der Waals surface area contributed by atoms with Crippen LogP contribution in [0.4, 0.5) is 0 Å². The Bertz CT molecular complexity index is 193. The molecular formula is C13H29N3O. The fourth-order valence-corrected chi connectivity index (χ4v) is 1.82. The Balaban J connectivity index is 3.58. The molecule has 0 aromatic rings. The highest BCUT2D eigenvalue weighted by Crippen LogP contribution is 1.99. The molecule has 102 valence electrons. The number of nitrogens with one attached hydrogen (secondary N) is 2. The van der Waals surface area contributed by atoms with Gasteiger partial charge in [-0.05, 0) is 46.4 Å². The third kappa shape index (κ3) is 9.12. The summed E-state index contributed by atoms with van der Waals surface area (Å²) in [6.07, 6.45) is 2.77. The maximum atomic E-state index is 11.5. The Morgan fingerprint density at radius 2 is 1.94 bits per heavy atom. The van der Waals surface area contributed by atoms with Crippen LogP contribution in [0.3, 0.4) is 0 Å². The lowest BCUT2D eigenvalue weighted by Crippen LogP contribution is -2.34. The van der Waals surface area contributed by atoms with Gasteiger partial charge in [-0.1, -0.05) is 13.8 Å². The molecule has 1 unspecified atom stereocenters. The molecule has 0 saturated carbocycles. The quantitative estimate of drug-likeness (QED) is 0.606. The second-order valence-corrected chi connectivity index (χ2v) is 4.49. The number of nitrogens with zero attached hydrogens (tertiary/aromatic N) is 1. The van der Waals surface area contributed by atoms with E-state index in [9.17, 15) is 4.79 Å². The smallest absolute Gasteiger partial charge is 0.221 e. The fraction of sp³-hybridized carbons (Fsp3) is 0.923. The molecule has 0 radical (unpaired) electrons. The molecule has 2 N–H and O–H groups in total. The SMILES string of the molecule is CCN(CC)CCCC(C)NC(=O)CCNC. The molecule has 0 saturated heterocycles. The maximum absolute atomic E-state index is 11.5. The van der Waals surface area contributed by atoms with Crippen molar-refractivity contribution in [3.8, 4) is 0 Å². The van der Waals surface area contributed by atoms with E-state index >= 15 is 0 Å². The van der Waals surface area contributed by atoms with Gasteiger partial charge in [-0.3, -0.25) is 4.79 Å². The molecule has 0 aliphatic carbocycles. The first-order valence-corrected chi connectivity index (χ1v) is 6.80. The summed E-state index contributed by atoms with van der Waals surface area (Å²) in [6.45, 7) is 10.6. The largest absolute Gasteiger partial charge is 0.354 e. The first-order valence-electron chi connectivity index (χ1n) is 6.80. The molecule has 0 aromatic heterocycles. The van der Waals surface area contributed by atoms with Gasteiger partial charge < -0.3 is 15.5 Å². The molecule has 0 spiro atoms. The van der Waals surface area contributed by atoms with Crippen LogP contribution >= 0.6 is 0 Å². The first-order chi connectivity index (χ1) is 8.13. The normalized spacial score (nSPS) is 12.8. The van der Waals surface area contributed by atoms with E-state index in [1.54, 1.807) is 0 Å². The summed E-state index contributed by atoms with van der Waals surface area (Å²) < 4.78 is 0. The third-order valence-electron chi connectivity index (χ3n) is 3.02. The Morgan fingerprint density at radius 3 is 2.47 bits per heavy atom. The van der Waals surface area contributed by atoms with Crippen molar-refractivity contribution in [3.63, 3.8) is 0 Å². The third-order valence-corrected chi connectivity index (χ3v) is 3.02. The zero-order valence-electron chi connectivity index (χ0n) is 11.9. The van der Waals surface area contributed by atoms with Crippen LogP contribution in [0.15, 0.2) is 0 Å². The summed E-state index contributed by atoms with van der Waals surface area (Å²) in [6, 6.07) is 0.287. The van der Waals surface area contributed by atoms with Gasteiger partial charge in [0.1, 0.15) is 0 Å². The van der Waals surface area contributed by atoms with Crippen molar-refractivity contribution >= 4 is 5.91 Å². The molecule has 1 amide bonds. The number of amides is 1. The molecule has 0 rings (SSSR count). The van der Waals surface area contributed by atoms with Crippen molar-refractivity contribution in [1.29, 1.82) is 0 Å². The van der Waals surface area contributed by atoms with Gasteiger partial charge in [0.15, 0.2) is 0 Å². The Labute approximate surface area is 106 Å². The maximum Gasteiger partial charge on any atom is 0.221 e. The first kappa shape index (κ1) is 16.4. The standard InChI is InChI=1S/C13H29N3O/c1-5-16(6-2)11-7-8-12(3)15-13(17)9-10-14-4/h12,14H,5-11H2,1-4H3,(H,15,17). The molecule has 4 nitrogen and oxygen atoms in total. The zero-order valence-corrected chi connectivity index (χ0v) is 11.9. The minimum Gasteiger partial charge on any atom is -0.354 e. The Hall–Kier alpha value is -0.610. The molecule has 0 heterocycles. The van der Waals surface area contributed by atoms with Crippen molar-refractivity contribution in [3.05, 3.63) is 0 Å². The second-order valence-electron chi connectivity index (χ2n) is 4.49. The Kier molecular flexibility index (Phi) is 10.2. The van der Waals surface area contributed by atoms with Gasteiger partial charge in [0, 0.05) is 19.0 Å². The van der Waals surface area contributed by atoms with Crippen LogP contribution in [-0.2, 0) is 4.79 Å². The molecule has 17 heavy (non-hydrogen) atoms. The molecule has 4 heteroatoms. The van der Waals surface area contributed by atoms with Crippen LogP contribution in [0.5, 0.6) is 0 Å². The van der Waals surface area contributed by atoms with Crippen molar-refractivity contribution in [2.45, 2.75) is 46.1 Å². The average molecular weight is 243 g/mol. The lowest BCUT2D eigenvalue weighted by Gasteiger charge is -2.19. The average Bonchev–Trinajstić information content (AvgIpc) is 2.32.